The minimum atomic E-state index is -0.135. The molecule has 0 spiro atoms. The Morgan fingerprint density at radius 1 is 1.22 bits per heavy atom. The van der Waals surface area contributed by atoms with Crippen LogP contribution in [0.4, 0.5) is 5.69 Å². The number of fused-ring (bicyclic) bond motifs is 1. The van der Waals surface area contributed by atoms with E-state index in [0.29, 0.717) is 29.8 Å². The molecule has 3 rings (SSSR count). The molecule has 1 aromatic carbocycles. The minimum Gasteiger partial charge on any atom is -0.472 e. The number of nitrogens with zero attached hydrogens (tertiary/aromatic N) is 1. The number of hydrogen-bond donors (Lipinski definition) is 0. The van der Waals surface area contributed by atoms with E-state index < -0.39 is 0 Å². The summed E-state index contributed by atoms with van der Waals surface area (Å²) in [5.41, 5.74) is 1.79. The Bertz CT molecular complexity index is 601. The number of hydrogen-bond acceptors (Lipinski definition) is 3. The van der Waals surface area contributed by atoms with Gasteiger partial charge in [0.25, 0.3) is 5.91 Å². The van der Waals surface area contributed by atoms with Crippen molar-refractivity contribution in [2.24, 2.45) is 0 Å². The van der Waals surface area contributed by atoms with Crippen LogP contribution in [-0.2, 0) is 0 Å². The van der Waals surface area contributed by atoms with E-state index in [9.17, 15) is 9.59 Å². The van der Waals surface area contributed by atoms with Crippen LogP contribution in [0, 0.1) is 0 Å². The van der Waals surface area contributed by atoms with Gasteiger partial charge in [-0.05, 0) is 18.2 Å². The SMILES string of the molecule is O=C1CCN(C(=O)c2ccoc2)c2ccccc21. The number of rotatable bonds is 1. The van der Waals surface area contributed by atoms with Crippen LogP contribution in [0.3, 0.4) is 0 Å². The summed E-state index contributed by atoms with van der Waals surface area (Å²) in [5.74, 6) is -0.0504. The van der Waals surface area contributed by atoms with Crippen LogP contribution in [0.2, 0.25) is 0 Å². The Labute approximate surface area is 104 Å². The molecule has 0 atom stereocenters. The molecule has 0 aliphatic carbocycles. The van der Waals surface area contributed by atoms with E-state index in [1.165, 1.54) is 12.5 Å². The van der Waals surface area contributed by atoms with Crippen molar-refractivity contribution < 1.29 is 14.0 Å². The number of ketones is 1. The molecule has 0 N–H and O–H groups in total. The fourth-order valence-corrected chi connectivity index (χ4v) is 2.17. The number of Topliss-reactive ketones (excluding diaryl/α,β-unsaturated/α-hetero) is 1. The quantitative estimate of drug-likeness (QED) is 0.770. The first kappa shape index (κ1) is 10.8. The molecule has 4 nitrogen and oxygen atoms in total. The van der Waals surface area contributed by atoms with Crippen LogP contribution in [0.5, 0.6) is 0 Å². The highest BCUT2D eigenvalue weighted by Crippen LogP contribution is 2.28. The maximum absolute atomic E-state index is 12.3. The van der Waals surface area contributed by atoms with E-state index in [1.807, 2.05) is 12.1 Å². The second-order valence-electron chi connectivity index (χ2n) is 4.16. The number of para-hydroxylation sites is 1. The van der Waals surface area contributed by atoms with E-state index in [0.717, 1.165) is 0 Å². The molecule has 2 heterocycles. The summed E-state index contributed by atoms with van der Waals surface area (Å²) in [7, 11) is 0. The Morgan fingerprint density at radius 3 is 2.83 bits per heavy atom. The van der Waals surface area contributed by atoms with Crippen LogP contribution < -0.4 is 4.90 Å². The standard InChI is InChI=1S/C14H11NO3/c16-13-5-7-15(12-4-2-1-3-11(12)13)14(17)10-6-8-18-9-10/h1-4,6,8-9H,5,7H2. The predicted molar refractivity (Wildman–Crippen MR) is 65.8 cm³/mol. The first-order valence-corrected chi connectivity index (χ1v) is 5.73. The van der Waals surface area contributed by atoms with Crippen molar-refractivity contribution in [2.75, 3.05) is 11.4 Å². The highest BCUT2D eigenvalue weighted by atomic mass is 16.3. The summed E-state index contributed by atoms with van der Waals surface area (Å²) in [6.07, 6.45) is 3.25. The van der Waals surface area contributed by atoms with Gasteiger partial charge < -0.3 is 9.32 Å². The van der Waals surface area contributed by atoms with E-state index in [2.05, 4.69) is 0 Å². The fourth-order valence-electron chi connectivity index (χ4n) is 2.17. The third-order valence-electron chi connectivity index (χ3n) is 3.07. The van der Waals surface area contributed by atoms with Crippen molar-refractivity contribution >= 4 is 17.4 Å². The van der Waals surface area contributed by atoms with Crippen molar-refractivity contribution in [2.45, 2.75) is 6.42 Å². The van der Waals surface area contributed by atoms with E-state index in [-0.39, 0.29) is 11.7 Å². The number of benzene rings is 1. The summed E-state index contributed by atoms with van der Waals surface area (Å²) in [6, 6.07) is 8.81. The zero-order valence-corrected chi connectivity index (χ0v) is 9.63. The number of anilines is 1. The maximum atomic E-state index is 12.3. The summed E-state index contributed by atoms with van der Waals surface area (Å²) < 4.78 is 4.92. The van der Waals surface area contributed by atoms with E-state index in [1.54, 1.807) is 23.1 Å². The molecule has 0 saturated carbocycles. The topological polar surface area (TPSA) is 50.5 Å². The van der Waals surface area contributed by atoms with Gasteiger partial charge in [-0.25, -0.2) is 0 Å². The molecular weight excluding hydrogens is 230 g/mol. The lowest BCUT2D eigenvalue weighted by atomic mass is 10.00. The third kappa shape index (κ3) is 1.62. The van der Waals surface area contributed by atoms with Crippen LogP contribution in [0.1, 0.15) is 27.1 Å². The molecule has 90 valence electrons. The zero-order chi connectivity index (χ0) is 12.5. The van der Waals surface area contributed by atoms with Gasteiger partial charge in [-0.15, -0.1) is 0 Å². The largest absolute Gasteiger partial charge is 0.472 e. The molecule has 0 unspecified atom stereocenters. The number of carbonyl (C=O) groups excluding carboxylic acids is 2. The van der Waals surface area contributed by atoms with Gasteiger partial charge in [0.1, 0.15) is 6.26 Å². The average Bonchev–Trinajstić information content (AvgIpc) is 2.93. The van der Waals surface area contributed by atoms with Crippen LogP contribution >= 0.6 is 0 Å². The fraction of sp³-hybridized carbons (Fsp3) is 0.143. The highest BCUT2D eigenvalue weighted by Gasteiger charge is 2.27. The number of amides is 1. The van der Waals surface area contributed by atoms with Crippen LogP contribution in [-0.4, -0.2) is 18.2 Å². The Kier molecular flexibility index (Phi) is 2.48. The van der Waals surface area contributed by atoms with Crippen molar-refractivity contribution in [3.63, 3.8) is 0 Å². The number of carbonyl (C=O) groups is 2. The Balaban J connectivity index is 2.03. The van der Waals surface area contributed by atoms with Gasteiger partial charge >= 0.3 is 0 Å². The van der Waals surface area contributed by atoms with Crippen molar-refractivity contribution in [1.29, 1.82) is 0 Å². The molecule has 1 aliphatic heterocycles. The van der Waals surface area contributed by atoms with Gasteiger partial charge in [0.2, 0.25) is 0 Å². The summed E-state index contributed by atoms with van der Waals surface area (Å²) in [6.45, 7) is 0.417. The first-order valence-electron chi connectivity index (χ1n) is 5.73. The normalized spacial score (nSPS) is 14.4. The van der Waals surface area contributed by atoms with Gasteiger partial charge in [0.15, 0.2) is 5.78 Å². The minimum absolute atomic E-state index is 0.0850. The van der Waals surface area contributed by atoms with Crippen LogP contribution in [0.25, 0.3) is 0 Å². The van der Waals surface area contributed by atoms with E-state index >= 15 is 0 Å². The Hall–Kier alpha value is -2.36. The molecule has 1 aromatic heterocycles. The molecule has 1 aliphatic rings. The molecule has 0 saturated heterocycles. The van der Waals surface area contributed by atoms with E-state index in [4.69, 9.17) is 4.42 Å². The van der Waals surface area contributed by atoms with Crippen molar-refractivity contribution in [3.8, 4) is 0 Å². The highest BCUT2D eigenvalue weighted by molar-refractivity contribution is 6.13. The molecule has 0 fully saturated rings. The molecular formula is C14H11NO3. The summed E-state index contributed by atoms with van der Waals surface area (Å²) >= 11 is 0. The molecule has 1 amide bonds. The van der Waals surface area contributed by atoms with Crippen LogP contribution in [0.15, 0.2) is 47.3 Å². The lowest BCUT2D eigenvalue weighted by Gasteiger charge is -2.28. The average molecular weight is 241 g/mol. The molecule has 0 bridgehead atoms. The molecule has 4 heteroatoms. The first-order chi connectivity index (χ1) is 8.77. The monoisotopic (exact) mass is 241 g/mol. The molecule has 2 aromatic rings. The van der Waals surface area contributed by atoms with Crippen molar-refractivity contribution in [1.82, 2.24) is 0 Å². The second kappa shape index (κ2) is 4.14. The summed E-state index contributed by atoms with van der Waals surface area (Å²) in [4.78, 5) is 25.7. The second-order valence-corrected chi connectivity index (χ2v) is 4.16. The molecule has 18 heavy (non-hydrogen) atoms. The lowest BCUT2D eigenvalue weighted by Crippen LogP contribution is -2.37. The maximum Gasteiger partial charge on any atom is 0.261 e. The smallest absolute Gasteiger partial charge is 0.261 e. The summed E-state index contributed by atoms with van der Waals surface area (Å²) in [5, 5.41) is 0. The van der Waals surface area contributed by atoms with Gasteiger partial charge in [-0.1, -0.05) is 12.1 Å². The zero-order valence-electron chi connectivity index (χ0n) is 9.63. The third-order valence-corrected chi connectivity index (χ3v) is 3.07. The van der Waals surface area contributed by atoms with Gasteiger partial charge in [0.05, 0.1) is 17.5 Å². The van der Waals surface area contributed by atoms with Gasteiger partial charge in [-0.2, -0.15) is 0 Å². The van der Waals surface area contributed by atoms with Gasteiger partial charge in [-0.3, -0.25) is 9.59 Å². The molecule has 0 radical (unpaired) electrons. The lowest BCUT2D eigenvalue weighted by molar-refractivity contribution is 0.0955. The van der Waals surface area contributed by atoms with Crippen molar-refractivity contribution in [3.05, 3.63) is 54.0 Å². The number of furan rings is 1. The predicted octanol–water partition coefficient (Wildman–Crippen LogP) is 2.51. The Morgan fingerprint density at radius 2 is 2.06 bits per heavy atom. The van der Waals surface area contributed by atoms with Gasteiger partial charge in [0, 0.05) is 18.5 Å².